The lowest BCUT2D eigenvalue weighted by atomic mass is 9.75. The highest BCUT2D eigenvalue weighted by atomic mass is 19.1. The van der Waals surface area contributed by atoms with Crippen LogP contribution < -0.4 is 0 Å². The molecule has 0 saturated heterocycles. The first-order valence-electron chi connectivity index (χ1n) is 7.80. The van der Waals surface area contributed by atoms with E-state index in [1.807, 2.05) is 18.2 Å². The quantitative estimate of drug-likeness (QED) is 0.790. The van der Waals surface area contributed by atoms with Gasteiger partial charge >= 0.3 is 0 Å². The second-order valence-corrected chi connectivity index (χ2v) is 6.35. The molecule has 0 aromatic heterocycles. The lowest BCUT2D eigenvalue weighted by Crippen LogP contribution is -2.36. The monoisotopic (exact) mass is 295 g/mol. The van der Waals surface area contributed by atoms with Gasteiger partial charge in [-0.1, -0.05) is 42.5 Å². The Kier molecular flexibility index (Phi) is 3.78. The van der Waals surface area contributed by atoms with Crippen molar-refractivity contribution in [2.75, 3.05) is 6.54 Å². The first-order chi connectivity index (χ1) is 10.5. The van der Waals surface area contributed by atoms with E-state index in [0.29, 0.717) is 6.04 Å². The zero-order valence-electron chi connectivity index (χ0n) is 13.4. The first-order valence-corrected chi connectivity index (χ1v) is 7.80. The molecule has 1 nitrogen and oxygen atoms in total. The summed E-state index contributed by atoms with van der Waals surface area (Å²) in [6.07, 6.45) is 2.33. The zero-order chi connectivity index (χ0) is 15.7. The fourth-order valence-corrected chi connectivity index (χ4v) is 3.47. The third kappa shape index (κ3) is 2.43. The Balaban J connectivity index is 2.15. The molecule has 3 rings (SSSR count). The molecule has 1 heterocycles. The van der Waals surface area contributed by atoms with E-state index in [1.165, 1.54) is 11.3 Å². The van der Waals surface area contributed by atoms with E-state index in [4.69, 9.17) is 0 Å². The van der Waals surface area contributed by atoms with E-state index in [0.717, 1.165) is 12.1 Å². The number of hydrogen-bond donors (Lipinski definition) is 0. The third-order valence-corrected chi connectivity index (χ3v) is 4.60. The van der Waals surface area contributed by atoms with Gasteiger partial charge in [0.15, 0.2) is 0 Å². The fraction of sp³-hybridized carbons (Fsp3) is 0.300. The number of nitrogens with zero attached hydrogens (tertiary/aromatic N) is 1. The molecule has 0 bridgehead atoms. The lowest BCUT2D eigenvalue weighted by Gasteiger charge is -2.33. The van der Waals surface area contributed by atoms with Crippen LogP contribution in [0.4, 0.5) is 4.39 Å². The number of benzene rings is 2. The molecule has 1 unspecified atom stereocenters. The summed E-state index contributed by atoms with van der Waals surface area (Å²) in [5.41, 5.74) is 3.47. The van der Waals surface area contributed by atoms with E-state index in [-0.39, 0.29) is 11.2 Å². The van der Waals surface area contributed by atoms with Crippen molar-refractivity contribution in [3.63, 3.8) is 0 Å². The molecule has 0 spiro atoms. The first kappa shape index (κ1) is 14.8. The highest BCUT2D eigenvalue weighted by Crippen LogP contribution is 2.41. The molecule has 1 aliphatic rings. The molecule has 0 amide bonds. The number of halogens is 1. The van der Waals surface area contributed by atoms with Crippen LogP contribution in [0.5, 0.6) is 0 Å². The average Bonchev–Trinajstić information content (AvgIpc) is 2.88. The normalized spacial score (nSPS) is 21.3. The number of hydrogen-bond acceptors (Lipinski definition) is 1. The van der Waals surface area contributed by atoms with Gasteiger partial charge < -0.3 is 4.90 Å². The van der Waals surface area contributed by atoms with Crippen LogP contribution in [-0.4, -0.2) is 17.5 Å². The maximum atomic E-state index is 13.4. The molecular weight excluding hydrogens is 273 g/mol. The molecule has 2 aromatic rings. The fourth-order valence-electron chi connectivity index (χ4n) is 3.47. The van der Waals surface area contributed by atoms with E-state index < -0.39 is 0 Å². The Bertz CT molecular complexity index is 673. The van der Waals surface area contributed by atoms with Gasteiger partial charge in [0.2, 0.25) is 0 Å². The van der Waals surface area contributed by atoms with Crippen molar-refractivity contribution in [2.45, 2.75) is 32.2 Å². The molecule has 0 N–H and O–H groups in total. The standard InChI is InChI=1S/C20H22FN/c1-15(2)22-14-20(13-16(22)3,17-7-5-4-6-8-17)18-9-11-19(21)12-10-18/h4-13,15H,14H2,1-3H3. The van der Waals surface area contributed by atoms with E-state index in [2.05, 4.69) is 56.0 Å². The number of rotatable bonds is 3. The second kappa shape index (κ2) is 5.60. The molecule has 22 heavy (non-hydrogen) atoms. The van der Waals surface area contributed by atoms with Crippen molar-refractivity contribution in [2.24, 2.45) is 0 Å². The van der Waals surface area contributed by atoms with Gasteiger partial charge in [0.05, 0.1) is 5.41 Å². The molecule has 1 aliphatic heterocycles. The predicted octanol–water partition coefficient (Wildman–Crippen LogP) is 4.74. The SMILES string of the molecule is CC1=CC(c2ccccc2)(c2ccc(F)cc2)CN1C(C)C. The summed E-state index contributed by atoms with van der Waals surface area (Å²) in [5, 5.41) is 0. The maximum absolute atomic E-state index is 13.4. The molecule has 114 valence electrons. The summed E-state index contributed by atoms with van der Waals surface area (Å²) in [7, 11) is 0. The van der Waals surface area contributed by atoms with Crippen LogP contribution in [0, 0.1) is 5.82 Å². The Morgan fingerprint density at radius 3 is 2.09 bits per heavy atom. The topological polar surface area (TPSA) is 3.24 Å². The summed E-state index contributed by atoms with van der Waals surface area (Å²) in [5.74, 6) is -0.189. The minimum atomic E-state index is -0.205. The van der Waals surface area contributed by atoms with Crippen molar-refractivity contribution in [1.29, 1.82) is 0 Å². The minimum Gasteiger partial charge on any atom is -0.371 e. The summed E-state index contributed by atoms with van der Waals surface area (Å²) >= 11 is 0. The van der Waals surface area contributed by atoms with Crippen molar-refractivity contribution in [3.05, 3.63) is 83.3 Å². The van der Waals surface area contributed by atoms with Gasteiger partial charge in [0.25, 0.3) is 0 Å². The Morgan fingerprint density at radius 2 is 1.55 bits per heavy atom. The molecule has 0 fully saturated rings. The summed E-state index contributed by atoms with van der Waals surface area (Å²) < 4.78 is 13.4. The van der Waals surface area contributed by atoms with Crippen LogP contribution in [0.15, 0.2) is 66.4 Å². The van der Waals surface area contributed by atoms with Crippen LogP contribution in [0.1, 0.15) is 31.9 Å². The molecule has 2 aromatic carbocycles. The molecule has 0 saturated carbocycles. The van der Waals surface area contributed by atoms with E-state index in [9.17, 15) is 4.39 Å². The summed E-state index contributed by atoms with van der Waals surface area (Å²) in [6, 6.07) is 17.9. The Morgan fingerprint density at radius 1 is 0.955 bits per heavy atom. The molecule has 0 radical (unpaired) electrons. The van der Waals surface area contributed by atoms with Gasteiger partial charge in [-0.05, 0) is 50.1 Å². The third-order valence-electron chi connectivity index (χ3n) is 4.60. The van der Waals surface area contributed by atoms with Gasteiger partial charge in [-0.2, -0.15) is 0 Å². The average molecular weight is 295 g/mol. The van der Waals surface area contributed by atoms with Gasteiger partial charge in [-0.15, -0.1) is 0 Å². The van der Waals surface area contributed by atoms with Crippen molar-refractivity contribution in [3.8, 4) is 0 Å². The van der Waals surface area contributed by atoms with Crippen molar-refractivity contribution >= 4 is 0 Å². The van der Waals surface area contributed by atoms with Crippen LogP contribution in [0.3, 0.4) is 0 Å². The van der Waals surface area contributed by atoms with Crippen LogP contribution in [0.2, 0.25) is 0 Å². The molecule has 0 aliphatic carbocycles. The van der Waals surface area contributed by atoms with Crippen molar-refractivity contribution < 1.29 is 4.39 Å². The van der Waals surface area contributed by atoms with Crippen molar-refractivity contribution in [1.82, 2.24) is 4.90 Å². The smallest absolute Gasteiger partial charge is 0.123 e. The van der Waals surface area contributed by atoms with E-state index >= 15 is 0 Å². The Hall–Kier alpha value is -2.09. The number of allylic oxidation sites excluding steroid dienone is 1. The lowest BCUT2D eigenvalue weighted by molar-refractivity contribution is 0.284. The zero-order valence-corrected chi connectivity index (χ0v) is 13.4. The predicted molar refractivity (Wildman–Crippen MR) is 89.2 cm³/mol. The van der Waals surface area contributed by atoms with Crippen LogP contribution in [0.25, 0.3) is 0 Å². The Labute approximate surface area is 132 Å². The van der Waals surface area contributed by atoms with E-state index in [1.54, 1.807) is 12.1 Å². The summed E-state index contributed by atoms with van der Waals surface area (Å²) in [6.45, 7) is 7.48. The van der Waals surface area contributed by atoms with Gasteiger partial charge in [0, 0.05) is 18.3 Å². The maximum Gasteiger partial charge on any atom is 0.123 e. The second-order valence-electron chi connectivity index (χ2n) is 6.35. The highest BCUT2D eigenvalue weighted by molar-refractivity contribution is 5.48. The van der Waals surface area contributed by atoms with Gasteiger partial charge in [-0.25, -0.2) is 4.39 Å². The van der Waals surface area contributed by atoms with Gasteiger partial charge in [0.1, 0.15) is 5.82 Å². The highest BCUT2D eigenvalue weighted by Gasteiger charge is 2.39. The van der Waals surface area contributed by atoms with Crippen LogP contribution in [-0.2, 0) is 5.41 Å². The molecule has 2 heteroatoms. The minimum absolute atomic E-state index is 0.189. The van der Waals surface area contributed by atoms with Crippen LogP contribution >= 0.6 is 0 Å². The molecule has 1 atom stereocenters. The van der Waals surface area contributed by atoms with Gasteiger partial charge in [-0.3, -0.25) is 0 Å². The molecular formula is C20H22FN. The summed E-state index contributed by atoms with van der Waals surface area (Å²) in [4.78, 5) is 2.41. The largest absolute Gasteiger partial charge is 0.371 e.